The minimum Gasteiger partial charge on any atom is -0.370 e. The van der Waals surface area contributed by atoms with Gasteiger partial charge in [-0.05, 0) is 56.6 Å². The lowest BCUT2D eigenvalue weighted by atomic mass is 10.1. The molecule has 0 aliphatic heterocycles. The second-order valence-electron chi connectivity index (χ2n) is 6.48. The Labute approximate surface area is 157 Å². The van der Waals surface area contributed by atoms with Gasteiger partial charge in [0, 0.05) is 23.8 Å². The minimum absolute atomic E-state index is 0.134. The first-order valence-corrected chi connectivity index (χ1v) is 8.97. The molecule has 0 bridgehead atoms. The molecule has 0 spiro atoms. The molecule has 0 unspecified atom stereocenters. The molecule has 8 heteroatoms. The minimum atomic E-state index is -0.292. The zero-order valence-corrected chi connectivity index (χ0v) is 15.4. The second kappa shape index (κ2) is 8.50. The summed E-state index contributed by atoms with van der Waals surface area (Å²) in [6.07, 6.45) is 3.63. The van der Waals surface area contributed by atoms with E-state index in [1.54, 1.807) is 4.57 Å². The summed E-state index contributed by atoms with van der Waals surface area (Å²) in [6.45, 7) is 4.32. The normalized spacial score (nSPS) is 11.0. The van der Waals surface area contributed by atoms with E-state index in [4.69, 9.17) is 11.5 Å². The van der Waals surface area contributed by atoms with Crippen molar-refractivity contribution in [2.75, 3.05) is 19.6 Å². The maximum absolute atomic E-state index is 12.3. The van der Waals surface area contributed by atoms with Crippen molar-refractivity contribution in [1.82, 2.24) is 19.9 Å². The van der Waals surface area contributed by atoms with Gasteiger partial charge in [0.1, 0.15) is 5.65 Å². The number of nitrogens with one attached hydrogen (secondary N) is 2. The molecule has 3 aromatic rings. The van der Waals surface area contributed by atoms with E-state index in [1.165, 1.54) is 5.56 Å². The van der Waals surface area contributed by atoms with Crippen molar-refractivity contribution in [3.8, 4) is 5.69 Å². The highest BCUT2D eigenvalue weighted by molar-refractivity contribution is 5.76. The fourth-order valence-electron chi connectivity index (χ4n) is 2.91. The van der Waals surface area contributed by atoms with Crippen LogP contribution in [0.5, 0.6) is 0 Å². The molecule has 0 atom stereocenters. The summed E-state index contributed by atoms with van der Waals surface area (Å²) < 4.78 is 1.57. The summed E-state index contributed by atoms with van der Waals surface area (Å²) in [5, 5.41) is 4.28. The lowest BCUT2D eigenvalue weighted by molar-refractivity contribution is 0.653. The molecule has 0 fully saturated rings. The number of hydrogen-bond acceptors (Lipinski definition) is 4. The van der Waals surface area contributed by atoms with Crippen molar-refractivity contribution in [2.24, 2.45) is 16.5 Å². The van der Waals surface area contributed by atoms with Gasteiger partial charge in [-0.2, -0.15) is 4.98 Å². The second-order valence-corrected chi connectivity index (χ2v) is 6.48. The van der Waals surface area contributed by atoms with Crippen LogP contribution in [0.1, 0.15) is 17.7 Å². The largest absolute Gasteiger partial charge is 0.370 e. The molecule has 2 aromatic heterocycles. The number of aromatic amines is 1. The summed E-state index contributed by atoms with van der Waals surface area (Å²) in [7, 11) is 0. The molecule has 8 nitrogen and oxygen atoms in total. The third kappa shape index (κ3) is 4.95. The lowest BCUT2D eigenvalue weighted by Crippen LogP contribution is -2.24. The maximum atomic E-state index is 12.3. The van der Waals surface area contributed by atoms with Crippen molar-refractivity contribution < 1.29 is 0 Å². The monoisotopic (exact) mass is 367 g/mol. The van der Waals surface area contributed by atoms with Gasteiger partial charge in [-0.3, -0.25) is 9.56 Å². The number of hydrogen-bond donors (Lipinski definition) is 4. The smallest absolute Gasteiger partial charge is 0.354 e. The molecular formula is C19H25N7O. The fourth-order valence-corrected chi connectivity index (χ4v) is 2.91. The number of nitrogens with zero attached hydrogens (tertiary/aromatic N) is 3. The first-order valence-electron chi connectivity index (χ1n) is 8.97. The van der Waals surface area contributed by atoms with Crippen LogP contribution in [0, 0.1) is 6.92 Å². The van der Waals surface area contributed by atoms with E-state index < -0.39 is 0 Å². The number of guanidine groups is 1. The number of nitrogens with two attached hydrogens (primary N) is 2. The van der Waals surface area contributed by atoms with Crippen LogP contribution >= 0.6 is 0 Å². The lowest BCUT2D eigenvalue weighted by Gasteiger charge is -2.07. The van der Waals surface area contributed by atoms with Gasteiger partial charge >= 0.3 is 5.69 Å². The van der Waals surface area contributed by atoms with Crippen LogP contribution in [-0.4, -0.2) is 40.1 Å². The van der Waals surface area contributed by atoms with Gasteiger partial charge in [0.05, 0.1) is 5.69 Å². The highest BCUT2D eigenvalue weighted by Crippen LogP contribution is 2.13. The molecule has 27 heavy (non-hydrogen) atoms. The van der Waals surface area contributed by atoms with Crippen LogP contribution in [-0.2, 0) is 6.42 Å². The Hall–Kier alpha value is -3.13. The average molecular weight is 367 g/mol. The Balaban J connectivity index is 1.57. The van der Waals surface area contributed by atoms with E-state index in [-0.39, 0.29) is 11.6 Å². The number of aromatic nitrogens is 3. The first kappa shape index (κ1) is 18.7. The maximum Gasteiger partial charge on any atom is 0.354 e. The third-order valence-corrected chi connectivity index (χ3v) is 4.25. The molecule has 0 saturated heterocycles. The van der Waals surface area contributed by atoms with E-state index in [2.05, 4.69) is 20.3 Å². The molecule has 0 aliphatic carbocycles. The zero-order chi connectivity index (χ0) is 19.2. The number of benzene rings is 1. The van der Waals surface area contributed by atoms with Crippen molar-refractivity contribution in [1.29, 1.82) is 0 Å². The average Bonchev–Trinajstić information content (AvgIpc) is 2.99. The van der Waals surface area contributed by atoms with Gasteiger partial charge in [0.2, 0.25) is 0 Å². The Morgan fingerprint density at radius 3 is 2.78 bits per heavy atom. The van der Waals surface area contributed by atoms with Crippen LogP contribution in [0.15, 0.2) is 46.3 Å². The Kier molecular flexibility index (Phi) is 5.87. The van der Waals surface area contributed by atoms with Crippen molar-refractivity contribution >= 4 is 17.0 Å². The fraction of sp³-hybridized carbons (Fsp3) is 0.316. The predicted molar refractivity (Wildman–Crippen MR) is 108 cm³/mol. The van der Waals surface area contributed by atoms with E-state index in [0.29, 0.717) is 12.2 Å². The first-order chi connectivity index (χ1) is 13.0. The van der Waals surface area contributed by atoms with Crippen molar-refractivity contribution in [2.45, 2.75) is 19.8 Å². The molecule has 0 amide bonds. The zero-order valence-electron chi connectivity index (χ0n) is 15.4. The topological polar surface area (TPSA) is 127 Å². The van der Waals surface area contributed by atoms with Gasteiger partial charge in [-0.15, -0.1) is 0 Å². The Morgan fingerprint density at radius 1 is 1.26 bits per heavy atom. The highest BCUT2D eigenvalue weighted by atomic mass is 16.1. The van der Waals surface area contributed by atoms with E-state index in [1.807, 2.05) is 43.5 Å². The van der Waals surface area contributed by atoms with E-state index >= 15 is 0 Å². The van der Waals surface area contributed by atoms with E-state index in [9.17, 15) is 4.79 Å². The molecule has 3 rings (SSSR count). The summed E-state index contributed by atoms with van der Waals surface area (Å²) >= 11 is 0. The summed E-state index contributed by atoms with van der Waals surface area (Å²) in [4.78, 5) is 23.4. The molecule has 0 aliphatic rings. The molecule has 2 heterocycles. The van der Waals surface area contributed by atoms with Gasteiger partial charge in [0.25, 0.3) is 0 Å². The Morgan fingerprint density at radius 2 is 2.04 bits per heavy atom. The molecule has 1 aromatic carbocycles. The van der Waals surface area contributed by atoms with Crippen LogP contribution in [0.3, 0.4) is 0 Å². The quantitative estimate of drug-likeness (QED) is 0.266. The van der Waals surface area contributed by atoms with Gasteiger partial charge in [0.15, 0.2) is 5.96 Å². The molecule has 142 valence electrons. The standard InChI is InChI=1S/C19H25N7O/c1-13-11-15-12-26(19(27)25-17(15)24-13)16-5-3-14(4-6-16)7-10-22-8-2-9-23-18(20)21/h3-6,11-12,22H,2,7-10H2,1H3,(H4,20,21,23)(H,24,25,27). The number of aryl methyl sites for hydroxylation is 1. The summed E-state index contributed by atoms with van der Waals surface area (Å²) in [5.74, 6) is 0.134. The summed E-state index contributed by atoms with van der Waals surface area (Å²) in [6, 6.07) is 9.95. The van der Waals surface area contributed by atoms with E-state index in [0.717, 1.165) is 42.7 Å². The van der Waals surface area contributed by atoms with Crippen LogP contribution in [0.25, 0.3) is 16.7 Å². The van der Waals surface area contributed by atoms with Gasteiger partial charge in [-0.25, -0.2) is 4.79 Å². The number of aliphatic imine (C=N–C) groups is 1. The number of H-pyrrole nitrogens is 1. The Bertz CT molecular complexity index is 981. The van der Waals surface area contributed by atoms with Crippen LogP contribution in [0.2, 0.25) is 0 Å². The van der Waals surface area contributed by atoms with Gasteiger partial charge in [-0.1, -0.05) is 12.1 Å². The van der Waals surface area contributed by atoms with Crippen molar-refractivity contribution in [3.05, 3.63) is 58.3 Å². The molecule has 0 radical (unpaired) electrons. The molecule has 0 saturated carbocycles. The van der Waals surface area contributed by atoms with Crippen LogP contribution in [0.4, 0.5) is 0 Å². The number of fused-ring (bicyclic) bond motifs is 1. The molecular weight excluding hydrogens is 342 g/mol. The highest BCUT2D eigenvalue weighted by Gasteiger charge is 2.06. The van der Waals surface area contributed by atoms with Crippen molar-refractivity contribution in [3.63, 3.8) is 0 Å². The van der Waals surface area contributed by atoms with Gasteiger partial charge < -0.3 is 21.8 Å². The SMILES string of the molecule is Cc1cc2cn(-c3ccc(CCNCCCN=C(N)N)cc3)c(=O)nc2[nH]1. The molecule has 6 N–H and O–H groups in total. The summed E-state index contributed by atoms with van der Waals surface area (Å²) in [5.41, 5.74) is 13.9. The predicted octanol–water partition coefficient (Wildman–Crippen LogP) is 0.818. The van der Waals surface area contributed by atoms with Crippen LogP contribution < -0.4 is 22.5 Å². The third-order valence-electron chi connectivity index (χ3n) is 4.25. The number of rotatable bonds is 8.